The van der Waals surface area contributed by atoms with Gasteiger partial charge in [0.1, 0.15) is 22.3 Å². The van der Waals surface area contributed by atoms with Gasteiger partial charge in [0.2, 0.25) is 0 Å². The van der Waals surface area contributed by atoms with Gasteiger partial charge in [0.25, 0.3) is 5.91 Å². The van der Waals surface area contributed by atoms with Crippen molar-refractivity contribution >= 4 is 45.0 Å². The van der Waals surface area contributed by atoms with Crippen LogP contribution in [0, 0.1) is 11.6 Å². The number of benzene rings is 1. The Hall–Kier alpha value is -3.67. The van der Waals surface area contributed by atoms with E-state index < -0.39 is 23.1 Å². The minimum atomic E-state index is -1.41. The number of halogens is 2. The third-order valence-corrected chi connectivity index (χ3v) is 7.29. The summed E-state index contributed by atoms with van der Waals surface area (Å²) >= 11 is 2.53. The van der Waals surface area contributed by atoms with Crippen molar-refractivity contribution in [3.63, 3.8) is 0 Å². The summed E-state index contributed by atoms with van der Waals surface area (Å²) in [6.07, 6.45) is 1.79. The van der Waals surface area contributed by atoms with E-state index in [9.17, 15) is 18.7 Å². The molecule has 1 aromatic carbocycles. The lowest BCUT2D eigenvalue weighted by molar-refractivity contribution is 0.0778. The second kappa shape index (κ2) is 8.52. The van der Waals surface area contributed by atoms with Crippen LogP contribution in [-0.2, 0) is 5.60 Å². The van der Waals surface area contributed by atoms with Crippen molar-refractivity contribution < 1.29 is 18.7 Å². The highest BCUT2D eigenvalue weighted by Gasteiger charge is 2.24. The zero-order chi connectivity index (χ0) is 24.9. The van der Waals surface area contributed by atoms with Crippen molar-refractivity contribution in [3.8, 4) is 21.0 Å². The molecule has 4 heterocycles. The number of aliphatic hydroxyl groups is 1. The molecule has 0 atom stereocenters. The first-order valence-electron chi connectivity index (χ1n) is 10.4. The number of nitrogens with two attached hydrogens (primary N) is 1. The zero-order valence-corrected chi connectivity index (χ0v) is 20.2. The average Bonchev–Trinajstić information content (AvgIpc) is 3.52. The molecule has 0 saturated carbocycles. The molecule has 1 amide bonds. The minimum absolute atomic E-state index is 0.0715. The van der Waals surface area contributed by atoms with Gasteiger partial charge in [0.05, 0.1) is 27.8 Å². The lowest BCUT2D eigenvalue weighted by atomic mass is 9.96. The van der Waals surface area contributed by atoms with Crippen LogP contribution < -0.4 is 11.1 Å². The Morgan fingerprint density at radius 2 is 1.89 bits per heavy atom. The van der Waals surface area contributed by atoms with Gasteiger partial charge < -0.3 is 16.2 Å². The summed E-state index contributed by atoms with van der Waals surface area (Å²) in [7, 11) is 0. The molecule has 0 radical (unpaired) electrons. The first-order chi connectivity index (χ1) is 16.6. The number of fused-ring (bicyclic) bond motifs is 1. The molecule has 0 aliphatic rings. The van der Waals surface area contributed by atoms with Crippen LogP contribution >= 0.6 is 22.7 Å². The van der Waals surface area contributed by atoms with Gasteiger partial charge in [-0.2, -0.15) is 0 Å². The number of hydrogen-bond acceptors (Lipinski definition) is 7. The SMILES string of the molecule is CC(C)(O)c1cc(F)c(-c2cc(C(N)=O)c(Nc3ccc4nc(-c5cccs5)cn4n3)s2)c(F)c1. The number of hydrogen-bond donors (Lipinski definition) is 3. The van der Waals surface area contributed by atoms with Gasteiger partial charge in [-0.05, 0) is 61.2 Å². The van der Waals surface area contributed by atoms with E-state index in [1.54, 1.807) is 34.2 Å². The number of anilines is 2. The van der Waals surface area contributed by atoms with Crippen LogP contribution in [0.15, 0.2) is 54.0 Å². The zero-order valence-electron chi connectivity index (χ0n) is 18.5. The Kier molecular flexibility index (Phi) is 5.62. The van der Waals surface area contributed by atoms with Gasteiger partial charge in [0, 0.05) is 4.88 Å². The quantitative estimate of drug-likeness (QED) is 0.278. The minimum Gasteiger partial charge on any atom is -0.386 e. The van der Waals surface area contributed by atoms with Crippen LogP contribution in [-0.4, -0.2) is 25.6 Å². The van der Waals surface area contributed by atoms with E-state index >= 15 is 0 Å². The number of nitrogens with one attached hydrogen (secondary N) is 1. The predicted molar refractivity (Wildman–Crippen MR) is 133 cm³/mol. The third kappa shape index (κ3) is 4.41. The Morgan fingerprint density at radius 1 is 1.14 bits per heavy atom. The molecule has 5 aromatic rings. The largest absolute Gasteiger partial charge is 0.386 e. The fraction of sp³-hybridized carbons (Fsp3) is 0.125. The van der Waals surface area contributed by atoms with Gasteiger partial charge in [-0.25, -0.2) is 18.3 Å². The Bertz CT molecular complexity index is 1550. The van der Waals surface area contributed by atoms with Crippen LogP contribution in [0.25, 0.3) is 26.7 Å². The second-order valence-corrected chi connectivity index (χ2v) is 10.3. The second-order valence-electron chi connectivity index (χ2n) is 8.34. The summed E-state index contributed by atoms with van der Waals surface area (Å²) < 4.78 is 31.4. The summed E-state index contributed by atoms with van der Waals surface area (Å²) in [6.45, 7) is 2.87. The topological polar surface area (TPSA) is 106 Å². The highest BCUT2D eigenvalue weighted by atomic mass is 32.1. The number of nitrogens with zero attached hydrogens (tertiary/aromatic N) is 3. The molecule has 0 saturated heterocycles. The maximum absolute atomic E-state index is 14.9. The molecule has 0 unspecified atom stereocenters. The molecule has 0 spiro atoms. The van der Waals surface area contributed by atoms with Crippen LogP contribution in [0.2, 0.25) is 0 Å². The molecule has 7 nitrogen and oxygen atoms in total. The Morgan fingerprint density at radius 3 is 2.51 bits per heavy atom. The molecular formula is C24H19F2N5O2S2. The average molecular weight is 512 g/mol. The summed E-state index contributed by atoms with van der Waals surface area (Å²) in [6, 6.07) is 10.8. The summed E-state index contributed by atoms with van der Waals surface area (Å²) in [5, 5.41) is 19.9. The maximum Gasteiger partial charge on any atom is 0.251 e. The van der Waals surface area contributed by atoms with Gasteiger partial charge >= 0.3 is 0 Å². The molecule has 178 valence electrons. The number of thiophene rings is 2. The van der Waals surface area contributed by atoms with E-state index in [1.807, 2.05) is 17.5 Å². The smallest absolute Gasteiger partial charge is 0.251 e. The van der Waals surface area contributed by atoms with Crippen LogP contribution in [0.5, 0.6) is 0 Å². The fourth-order valence-corrected chi connectivity index (χ4v) is 5.36. The number of aromatic nitrogens is 3. The normalized spacial score (nSPS) is 11.8. The van der Waals surface area contributed by atoms with Gasteiger partial charge in [-0.3, -0.25) is 4.79 Å². The van der Waals surface area contributed by atoms with E-state index in [0.29, 0.717) is 16.5 Å². The lowest BCUT2D eigenvalue weighted by Gasteiger charge is -2.18. The van der Waals surface area contributed by atoms with E-state index in [2.05, 4.69) is 15.4 Å². The van der Waals surface area contributed by atoms with Crippen molar-refractivity contribution in [1.82, 2.24) is 14.6 Å². The molecule has 5 rings (SSSR count). The van der Waals surface area contributed by atoms with Crippen LogP contribution in [0.3, 0.4) is 0 Å². The van der Waals surface area contributed by atoms with Crippen molar-refractivity contribution in [1.29, 1.82) is 0 Å². The van der Waals surface area contributed by atoms with Gasteiger partial charge in [-0.15, -0.1) is 27.8 Å². The molecule has 0 aliphatic heterocycles. The number of amides is 1. The lowest BCUT2D eigenvalue weighted by Crippen LogP contribution is -2.16. The maximum atomic E-state index is 14.9. The number of primary amides is 1. The highest BCUT2D eigenvalue weighted by molar-refractivity contribution is 7.20. The van der Waals surface area contributed by atoms with Gasteiger partial charge in [-0.1, -0.05) is 6.07 Å². The molecule has 35 heavy (non-hydrogen) atoms. The van der Waals surface area contributed by atoms with Crippen LogP contribution in [0.1, 0.15) is 29.8 Å². The predicted octanol–water partition coefficient (Wildman–Crippen LogP) is 5.53. The third-order valence-electron chi connectivity index (χ3n) is 5.33. The molecule has 4 aromatic heterocycles. The summed E-state index contributed by atoms with van der Waals surface area (Å²) in [5.41, 5.74) is 5.40. The Labute approximate surface area is 206 Å². The molecule has 0 fully saturated rings. The molecule has 11 heteroatoms. The van der Waals surface area contributed by atoms with Crippen molar-refractivity contribution in [2.75, 3.05) is 5.32 Å². The first-order valence-corrected chi connectivity index (χ1v) is 12.1. The first kappa shape index (κ1) is 23.1. The number of carbonyl (C=O) groups is 1. The van der Waals surface area contributed by atoms with E-state index in [0.717, 1.165) is 34.0 Å². The molecule has 4 N–H and O–H groups in total. The fourth-order valence-electron chi connectivity index (χ4n) is 3.56. The summed E-state index contributed by atoms with van der Waals surface area (Å²) in [5.74, 6) is -2.08. The van der Waals surface area contributed by atoms with Gasteiger partial charge in [0.15, 0.2) is 11.5 Å². The summed E-state index contributed by atoms with van der Waals surface area (Å²) in [4.78, 5) is 17.8. The highest BCUT2D eigenvalue weighted by Crippen LogP contribution is 2.40. The van der Waals surface area contributed by atoms with E-state index in [-0.39, 0.29) is 21.6 Å². The molecule has 0 bridgehead atoms. The van der Waals surface area contributed by atoms with E-state index in [4.69, 9.17) is 5.73 Å². The van der Waals surface area contributed by atoms with E-state index in [1.165, 1.54) is 19.9 Å². The van der Waals surface area contributed by atoms with Crippen molar-refractivity contribution in [3.05, 3.63) is 76.8 Å². The standard InChI is InChI=1S/C24H19F2N5O2S2/c1-24(2,33)12-8-14(25)21(15(26)9-12)18-10-13(22(27)32)23(35-18)29-19-5-6-20-28-16(11-31(20)30-19)17-4-3-7-34-17/h3-11,33H,1-2H3,(H2,27,32)(H,29,30). The Balaban J connectivity index is 1.51. The monoisotopic (exact) mass is 511 g/mol. The molecular weight excluding hydrogens is 492 g/mol. The number of carbonyl (C=O) groups excluding carboxylic acids is 1. The van der Waals surface area contributed by atoms with Crippen molar-refractivity contribution in [2.45, 2.75) is 19.4 Å². The van der Waals surface area contributed by atoms with Crippen LogP contribution in [0.4, 0.5) is 19.6 Å². The molecule has 0 aliphatic carbocycles. The number of imidazole rings is 1. The number of rotatable bonds is 6. The van der Waals surface area contributed by atoms with Crippen molar-refractivity contribution in [2.24, 2.45) is 5.73 Å².